The molecule has 3 heterocycles. The predicted molar refractivity (Wildman–Crippen MR) is 534 cm³/mol. The molecule has 12 atom stereocenters. The van der Waals surface area contributed by atoms with Crippen LogP contribution in [0.1, 0.15) is 210 Å². The van der Waals surface area contributed by atoms with E-state index >= 15 is 28.8 Å². The Hall–Kier alpha value is -13.9. The molecule has 147 heavy (non-hydrogen) atoms. The van der Waals surface area contributed by atoms with Crippen molar-refractivity contribution in [2.75, 3.05) is 98.6 Å². The first kappa shape index (κ1) is 124. The number of aliphatic hydroxyl groups excluding tert-OH is 2. The second-order valence-corrected chi connectivity index (χ2v) is 35.9. The maximum atomic E-state index is 15.5. The fraction of sp³-hybridized carbons (Fsp3) is 0.615. The SMILES string of the molecule is C=N/C(=C\N)C[C@H](NC(=O)[C@H](CCC(N)=O)NC(=O)[C@H](CO)NC(=O)CNC(=O)COCCOCCNC(=O)CCCCCCCCCCCCCCCc1nnn[nH]1)C(=O)NC(CNC(=O)CN(CC(=O)O)CC(=O)O)C(=O)N[C@@H](CCCC)C(=O)N[C@H]1CCC(=O)NCCCC[C@@H](C(N)=O)NC(=O)[C@H](CC(=C)c2ccccc2)NC(=O)[C@H](CCCNCN)NC(=O)[C@@H](Cc2ccccc2)NC(=O)[C@@H]2C[C@@H](O)CN2C1=O. The van der Waals surface area contributed by atoms with Crippen molar-refractivity contribution in [2.24, 2.45) is 27.9 Å². The number of fused-ring (bicyclic) bond motifs is 1. The molecule has 28 N–H and O–H groups in total. The van der Waals surface area contributed by atoms with Crippen LogP contribution in [0.15, 0.2) is 84.1 Å². The number of rotatable bonds is 66. The number of nitrogens with zero attached hydrogens (tertiary/aromatic N) is 6. The van der Waals surface area contributed by atoms with E-state index in [9.17, 15) is 82.8 Å². The highest BCUT2D eigenvalue weighted by atomic mass is 16.5. The van der Waals surface area contributed by atoms with Crippen molar-refractivity contribution in [3.8, 4) is 0 Å². The minimum atomic E-state index is -2.11. The van der Waals surface area contributed by atoms with Crippen LogP contribution in [-0.2, 0) is 113 Å². The lowest BCUT2D eigenvalue weighted by molar-refractivity contribution is -0.143. The van der Waals surface area contributed by atoms with Crippen LogP contribution in [-0.4, -0.2) is 341 Å². The van der Waals surface area contributed by atoms with Crippen LogP contribution in [0.25, 0.3) is 5.57 Å². The summed E-state index contributed by atoms with van der Waals surface area (Å²) in [6.45, 7) is 2.90. The number of ether oxygens (including phenoxy) is 2. The van der Waals surface area contributed by atoms with E-state index in [0.717, 1.165) is 61.9 Å². The number of unbranched alkanes of at least 4 members (excludes halogenated alkanes) is 13. The lowest BCUT2D eigenvalue weighted by Gasteiger charge is -2.31. The molecule has 2 aliphatic rings. The van der Waals surface area contributed by atoms with Gasteiger partial charge in [-0.2, -0.15) is 0 Å². The summed E-state index contributed by atoms with van der Waals surface area (Å²) >= 11 is 0. The highest BCUT2D eigenvalue weighted by molar-refractivity contribution is 6.01. The van der Waals surface area contributed by atoms with Crippen LogP contribution in [0.2, 0.25) is 0 Å². The number of carbonyl (C=O) groups is 19. The number of benzene rings is 2. The third kappa shape index (κ3) is 50.7. The van der Waals surface area contributed by atoms with Gasteiger partial charge in [0.2, 0.25) is 100 Å². The van der Waals surface area contributed by atoms with Gasteiger partial charge in [-0.05, 0) is 105 Å². The average Bonchev–Trinajstić information content (AvgIpc) is 1.67. The third-order valence-electron chi connectivity index (χ3n) is 24.0. The molecule has 814 valence electrons. The lowest BCUT2D eigenvalue weighted by atomic mass is 9.98. The summed E-state index contributed by atoms with van der Waals surface area (Å²) in [5, 5.41) is 93.1. The van der Waals surface area contributed by atoms with Gasteiger partial charge in [-0.1, -0.05) is 158 Å². The van der Waals surface area contributed by atoms with Gasteiger partial charge in [0, 0.05) is 90.4 Å². The molecule has 51 nitrogen and oxygen atoms in total. The van der Waals surface area contributed by atoms with E-state index in [4.69, 9.17) is 32.4 Å². The van der Waals surface area contributed by atoms with E-state index in [-0.39, 0.29) is 116 Å². The molecule has 51 heteroatoms. The molecule has 3 aromatic rings. The summed E-state index contributed by atoms with van der Waals surface area (Å²) in [5.41, 5.74) is 24.2. The molecule has 1 aromatic heterocycles. The summed E-state index contributed by atoms with van der Waals surface area (Å²) in [4.78, 5) is 269. The molecule has 2 fully saturated rings. The van der Waals surface area contributed by atoms with E-state index in [2.05, 4.69) is 119 Å². The van der Waals surface area contributed by atoms with Crippen molar-refractivity contribution in [3.05, 3.63) is 96.1 Å². The molecular weight excluding hydrogens is 1920 g/mol. The highest BCUT2D eigenvalue weighted by Crippen LogP contribution is 2.24. The van der Waals surface area contributed by atoms with Crippen molar-refractivity contribution >= 4 is 125 Å². The number of carbonyl (C=O) groups excluding carboxylic acids is 17. The van der Waals surface area contributed by atoms with Gasteiger partial charge in [0.05, 0.1) is 64.4 Å². The molecule has 0 spiro atoms. The topological polar surface area (TPSA) is 782 Å². The summed E-state index contributed by atoms with van der Waals surface area (Å²) in [5.74, 6) is -19.2. The third-order valence-corrected chi connectivity index (χ3v) is 24.0. The van der Waals surface area contributed by atoms with Crippen molar-refractivity contribution in [2.45, 2.75) is 279 Å². The van der Waals surface area contributed by atoms with Gasteiger partial charge in [0.25, 0.3) is 0 Å². The van der Waals surface area contributed by atoms with Crippen LogP contribution in [0.5, 0.6) is 0 Å². The van der Waals surface area contributed by atoms with E-state index < -0.39 is 270 Å². The number of carboxylic acid groups (broad SMARTS) is 2. The predicted octanol–water partition coefficient (Wildman–Crippen LogP) is -4.60. The molecule has 0 radical (unpaired) electrons. The number of aliphatic carboxylic acids is 2. The van der Waals surface area contributed by atoms with Crippen molar-refractivity contribution in [1.82, 2.24) is 110 Å². The molecule has 17 amide bonds. The first-order chi connectivity index (χ1) is 70.5. The molecule has 0 bridgehead atoms. The number of nitrogens with two attached hydrogens (primary N) is 4. The Labute approximate surface area is 853 Å². The number of hydrogen-bond donors (Lipinski definition) is 24. The van der Waals surface area contributed by atoms with Crippen LogP contribution in [0.3, 0.4) is 0 Å². The van der Waals surface area contributed by atoms with Crippen molar-refractivity contribution in [3.63, 3.8) is 0 Å². The normalized spacial score (nSPS) is 18.3. The van der Waals surface area contributed by atoms with Gasteiger partial charge in [0.15, 0.2) is 0 Å². The number of aryl methyl sites for hydroxylation is 1. The molecular formula is C96H150N26O25. The van der Waals surface area contributed by atoms with E-state index in [1.165, 1.54) is 44.9 Å². The number of hydrogen-bond acceptors (Lipinski definition) is 31. The first-order valence-corrected chi connectivity index (χ1v) is 49.9. The van der Waals surface area contributed by atoms with Crippen molar-refractivity contribution in [1.29, 1.82) is 0 Å². The Morgan fingerprint density at radius 2 is 1.20 bits per heavy atom. The van der Waals surface area contributed by atoms with Gasteiger partial charge in [0.1, 0.15) is 78.9 Å². The number of nitrogens with one attached hydrogen (secondary N) is 16. The van der Waals surface area contributed by atoms with Crippen molar-refractivity contribution < 1.29 is 121 Å². The molecule has 2 aromatic carbocycles. The minimum Gasteiger partial charge on any atom is -0.480 e. The van der Waals surface area contributed by atoms with Crippen LogP contribution in [0.4, 0.5) is 0 Å². The second kappa shape index (κ2) is 70.8. The number of aliphatic hydroxyl groups is 2. The average molecular weight is 2070 g/mol. The van der Waals surface area contributed by atoms with Gasteiger partial charge in [-0.3, -0.25) is 101 Å². The number of amides is 17. The fourth-order valence-corrected chi connectivity index (χ4v) is 16.0. The van der Waals surface area contributed by atoms with Gasteiger partial charge in [-0.25, -0.2) is 5.10 Å². The van der Waals surface area contributed by atoms with Crippen LogP contribution in [0, 0.1) is 0 Å². The smallest absolute Gasteiger partial charge is 0.317 e. The number of H-pyrrole nitrogens is 1. The number of carboxylic acids is 2. The fourth-order valence-electron chi connectivity index (χ4n) is 16.0. The van der Waals surface area contributed by atoms with E-state index in [0.29, 0.717) is 34.4 Å². The Kier molecular flexibility index (Phi) is 59.5. The zero-order chi connectivity index (χ0) is 108. The standard InChI is InChI=1S/C96H150N26O25/c1-4-5-32-67(87(136)112-70-38-40-80(127)103-42-26-25-33-66(86(100)135)108-90(139)71(47-61(2)63-30-21-18-22-31-63)113-88(137)68(34-27-41-102-60-98)109-91(140)72(48-62-28-19-17-20-29-62)115-95(144)76-50-65(124)54-122(76)96(70)145)110-93(142)74(52-105-82(129)55-121(56-84(131)132)57-85(133)134)116-92(141)73(49-64(51-97)101-3)114-89(138)69(37-39-77(99)125)111-94(143)75(58-123)107-81(128)53-106-83(130)59-147-46-45-146-44-43-104-79(126)36-24-16-14-12-10-8-6-7-9-11-13-15-23-35-78-117-119-120-118-78/h17-22,28-31,51,65-76,102,123-124H,2-16,23-27,32-50,52-60,97-98H2,1H3,(H2,99,125)(H2,100,135)(H,103,127)(H,104,126)(H,105,129)(H,106,130)(H,107,128)(H,108,139)(H,109,140)(H,110,142)(H,111,143)(H,112,136)(H,113,137)(H,114,138)(H,115,144)(H,116,141)(H,131,132)(H,133,134)(H,117,118,119,120)/b64-51-/t65-,66+,67+,68+,69+,70+,71+,72-,73+,74?,75+,76+/m1/s1. The maximum Gasteiger partial charge on any atom is 0.317 e. The summed E-state index contributed by atoms with van der Waals surface area (Å²) in [6, 6.07) is -1.92. The number of aromatic nitrogens is 4. The molecule has 0 saturated carbocycles. The molecule has 5 rings (SSSR count). The summed E-state index contributed by atoms with van der Waals surface area (Å²) in [6.07, 6.45) is 11.7. The van der Waals surface area contributed by atoms with Crippen LogP contribution >= 0.6 is 0 Å². The summed E-state index contributed by atoms with van der Waals surface area (Å²) in [7, 11) is 0. The number of aromatic amines is 1. The largest absolute Gasteiger partial charge is 0.480 e. The molecule has 2 aliphatic heterocycles. The Bertz CT molecular complexity index is 4740. The van der Waals surface area contributed by atoms with Gasteiger partial charge in [-0.15, -0.1) is 5.10 Å². The first-order valence-electron chi connectivity index (χ1n) is 49.9. The van der Waals surface area contributed by atoms with E-state index in [1.54, 1.807) is 67.6 Å². The lowest BCUT2D eigenvalue weighted by Crippen LogP contribution is -2.62. The zero-order valence-electron chi connectivity index (χ0n) is 83.6. The molecule has 1 unspecified atom stereocenters. The number of tetrazole rings is 1. The quantitative estimate of drug-likeness (QED) is 0.0144. The number of aliphatic imine (C=N–C) groups is 1. The minimum absolute atomic E-state index is 0.0431. The van der Waals surface area contributed by atoms with E-state index in [1.807, 2.05) is 0 Å². The molecule has 2 saturated heterocycles. The van der Waals surface area contributed by atoms with Crippen LogP contribution < -0.4 is 103 Å². The Morgan fingerprint density at radius 3 is 1.82 bits per heavy atom. The second-order valence-electron chi connectivity index (χ2n) is 35.9. The summed E-state index contributed by atoms with van der Waals surface area (Å²) < 4.78 is 10.8. The Morgan fingerprint density at radius 1 is 0.612 bits per heavy atom. The molecule has 0 aliphatic carbocycles. The highest BCUT2D eigenvalue weighted by Gasteiger charge is 2.45. The zero-order valence-corrected chi connectivity index (χ0v) is 83.6. The van der Waals surface area contributed by atoms with Gasteiger partial charge >= 0.3 is 11.9 Å². The maximum absolute atomic E-state index is 15.5. The monoisotopic (exact) mass is 2070 g/mol. The Balaban J connectivity index is 1.33. The number of primary amides is 2. The van der Waals surface area contributed by atoms with Gasteiger partial charge < -0.3 is 137 Å².